The number of benzene rings is 7. The van der Waals surface area contributed by atoms with E-state index in [9.17, 15) is 4.57 Å². The minimum atomic E-state index is -2.43. The van der Waals surface area contributed by atoms with E-state index in [4.69, 9.17) is 9.98 Å². The second-order valence-corrected chi connectivity index (χ2v) is 16.0. The lowest BCUT2D eigenvalue weighted by atomic mass is 9.85. The van der Waals surface area contributed by atoms with Crippen molar-refractivity contribution in [3.63, 3.8) is 0 Å². The standard InChI is InChI=1S/C44H35N2OP/c1-48(2,47)35-22-14-20-33(28-35)43-38-25-11-9-23-36(38)42(37-24-10-12-26-39(37)43)32-19-13-21-34(27-32)44-45-40(30-15-5-3-6-16-30)29-41(46-44)31-17-7-4-8-18-31/h3-28,40H,29H2,1-2H3. The average molecular weight is 639 g/mol. The minimum absolute atomic E-state index is 0.0178. The zero-order valence-corrected chi connectivity index (χ0v) is 27.9. The van der Waals surface area contributed by atoms with Crippen LogP contribution in [0.5, 0.6) is 0 Å². The van der Waals surface area contributed by atoms with Crippen LogP contribution in [0.25, 0.3) is 43.8 Å². The highest BCUT2D eigenvalue weighted by atomic mass is 31.2. The highest BCUT2D eigenvalue weighted by molar-refractivity contribution is 7.70. The Morgan fingerprint density at radius 3 is 1.58 bits per heavy atom. The van der Waals surface area contributed by atoms with Gasteiger partial charge in [0.25, 0.3) is 0 Å². The molecule has 0 saturated carbocycles. The number of hydrogen-bond donors (Lipinski definition) is 0. The summed E-state index contributed by atoms with van der Waals surface area (Å²) >= 11 is 0. The molecule has 0 radical (unpaired) electrons. The number of nitrogens with zero attached hydrogens (tertiary/aromatic N) is 2. The summed E-state index contributed by atoms with van der Waals surface area (Å²) in [5.74, 6) is 0.751. The predicted molar refractivity (Wildman–Crippen MR) is 205 cm³/mol. The van der Waals surface area contributed by atoms with E-state index in [-0.39, 0.29) is 6.04 Å². The number of rotatable bonds is 6. The van der Waals surface area contributed by atoms with Crippen LogP contribution >= 0.6 is 7.14 Å². The fraction of sp³-hybridized carbons (Fsp3) is 0.0909. The van der Waals surface area contributed by atoms with Gasteiger partial charge in [0.15, 0.2) is 5.84 Å². The van der Waals surface area contributed by atoms with Gasteiger partial charge in [0.05, 0.1) is 11.8 Å². The first kappa shape index (κ1) is 30.0. The van der Waals surface area contributed by atoms with E-state index in [1.807, 2.05) is 31.5 Å². The maximum absolute atomic E-state index is 13.1. The summed E-state index contributed by atoms with van der Waals surface area (Å²) in [4.78, 5) is 10.4. The largest absolute Gasteiger partial charge is 0.319 e. The molecule has 1 unspecified atom stereocenters. The van der Waals surface area contributed by atoms with Crippen LogP contribution in [0.15, 0.2) is 168 Å². The van der Waals surface area contributed by atoms with Gasteiger partial charge in [-0.25, -0.2) is 4.99 Å². The van der Waals surface area contributed by atoms with Crippen molar-refractivity contribution in [2.24, 2.45) is 9.98 Å². The molecule has 1 atom stereocenters. The topological polar surface area (TPSA) is 41.8 Å². The lowest BCUT2D eigenvalue weighted by Crippen LogP contribution is -2.17. The van der Waals surface area contributed by atoms with Crippen molar-refractivity contribution in [3.8, 4) is 22.3 Å². The Kier molecular flexibility index (Phi) is 7.71. The van der Waals surface area contributed by atoms with Gasteiger partial charge in [0, 0.05) is 17.3 Å². The molecule has 48 heavy (non-hydrogen) atoms. The molecule has 232 valence electrons. The highest BCUT2D eigenvalue weighted by Crippen LogP contribution is 2.45. The molecule has 1 aliphatic heterocycles. The smallest absolute Gasteiger partial charge is 0.155 e. The van der Waals surface area contributed by atoms with Crippen molar-refractivity contribution >= 4 is 45.5 Å². The van der Waals surface area contributed by atoms with E-state index >= 15 is 0 Å². The van der Waals surface area contributed by atoms with Gasteiger partial charge in [-0.3, -0.25) is 4.99 Å². The van der Waals surface area contributed by atoms with Gasteiger partial charge in [0.1, 0.15) is 7.14 Å². The van der Waals surface area contributed by atoms with Crippen molar-refractivity contribution in [1.29, 1.82) is 0 Å². The third-order valence-electron chi connectivity index (χ3n) is 9.29. The van der Waals surface area contributed by atoms with Crippen LogP contribution in [-0.2, 0) is 4.57 Å². The molecular weight excluding hydrogens is 603 g/mol. The van der Waals surface area contributed by atoms with Gasteiger partial charge < -0.3 is 4.57 Å². The number of aliphatic imine (C=N–C) groups is 2. The highest BCUT2D eigenvalue weighted by Gasteiger charge is 2.23. The summed E-state index contributed by atoms with van der Waals surface area (Å²) in [5, 5.41) is 5.57. The van der Waals surface area contributed by atoms with E-state index < -0.39 is 7.14 Å². The van der Waals surface area contributed by atoms with Gasteiger partial charge in [-0.05, 0) is 80.4 Å². The van der Waals surface area contributed by atoms with Crippen molar-refractivity contribution < 1.29 is 4.57 Å². The van der Waals surface area contributed by atoms with Crippen molar-refractivity contribution in [2.75, 3.05) is 13.3 Å². The van der Waals surface area contributed by atoms with Crippen LogP contribution in [0.1, 0.15) is 29.2 Å². The molecule has 4 heteroatoms. The third kappa shape index (κ3) is 5.61. The van der Waals surface area contributed by atoms with Crippen molar-refractivity contribution in [2.45, 2.75) is 12.5 Å². The number of fused-ring (bicyclic) bond motifs is 2. The van der Waals surface area contributed by atoms with E-state index in [1.165, 1.54) is 32.7 Å². The monoisotopic (exact) mass is 638 g/mol. The molecule has 7 aromatic rings. The Hall–Kier alpha value is -5.37. The van der Waals surface area contributed by atoms with E-state index in [2.05, 4.69) is 140 Å². The predicted octanol–water partition coefficient (Wildman–Crippen LogP) is 11.0. The molecule has 0 aliphatic carbocycles. The van der Waals surface area contributed by atoms with Gasteiger partial charge in [-0.15, -0.1) is 0 Å². The molecule has 3 nitrogen and oxygen atoms in total. The van der Waals surface area contributed by atoms with Crippen molar-refractivity contribution in [3.05, 3.63) is 174 Å². The Balaban J connectivity index is 1.33. The van der Waals surface area contributed by atoms with Crippen LogP contribution in [-0.4, -0.2) is 24.9 Å². The first-order chi connectivity index (χ1) is 23.4. The molecule has 0 N–H and O–H groups in total. The molecule has 0 aromatic heterocycles. The van der Waals surface area contributed by atoms with E-state index in [0.717, 1.165) is 51.1 Å². The summed E-state index contributed by atoms with van der Waals surface area (Å²) in [6.07, 6.45) is 0.751. The zero-order chi connectivity index (χ0) is 32.7. The van der Waals surface area contributed by atoms with E-state index in [0.29, 0.717) is 0 Å². The molecule has 8 rings (SSSR count). The van der Waals surface area contributed by atoms with Gasteiger partial charge in [-0.1, -0.05) is 146 Å². The normalized spacial score (nSPS) is 14.9. The van der Waals surface area contributed by atoms with Gasteiger partial charge in [-0.2, -0.15) is 0 Å². The first-order valence-corrected chi connectivity index (χ1v) is 19.0. The molecule has 0 fully saturated rings. The SMILES string of the molecule is CP(C)(=O)c1cccc(-c2c3ccccc3c(-c3cccc(C4=NC(c5ccccc5)CC(c5ccccc5)=N4)c3)c3ccccc23)c1. The zero-order valence-electron chi connectivity index (χ0n) is 27.0. The summed E-state index contributed by atoms with van der Waals surface area (Å²) in [7, 11) is -2.43. The lowest BCUT2D eigenvalue weighted by Gasteiger charge is -2.22. The molecular formula is C44H35N2OP. The van der Waals surface area contributed by atoms with Crippen molar-refractivity contribution in [1.82, 2.24) is 0 Å². The number of amidine groups is 1. The van der Waals surface area contributed by atoms with Crippen LogP contribution in [0.2, 0.25) is 0 Å². The fourth-order valence-electron chi connectivity index (χ4n) is 6.96. The Morgan fingerprint density at radius 2 is 1.00 bits per heavy atom. The summed E-state index contributed by atoms with van der Waals surface area (Å²) in [5.41, 5.74) is 8.90. The molecule has 1 aliphatic rings. The molecule has 0 saturated heterocycles. The van der Waals surface area contributed by atoms with Crippen LogP contribution < -0.4 is 5.30 Å². The molecule has 0 amide bonds. The maximum atomic E-state index is 13.1. The van der Waals surface area contributed by atoms with Crippen LogP contribution in [0, 0.1) is 0 Å². The van der Waals surface area contributed by atoms with Gasteiger partial charge in [0.2, 0.25) is 0 Å². The quantitative estimate of drug-likeness (QED) is 0.132. The van der Waals surface area contributed by atoms with E-state index in [1.54, 1.807) is 0 Å². The molecule has 1 heterocycles. The Morgan fingerprint density at radius 1 is 0.521 bits per heavy atom. The number of hydrogen-bond acceptors (Lipinski definition) is 3. The second kappa shape index (κ2) is 12.3. The average Bonchev–Trinajstić information content (AvgIpc) is 3.14. The fourth-order valence-corrected chi connectivity index (χ4v) is 7.85. The Bertz CT molecular complexity index is 2370. The summed E-state index contributed by atoms with van der Waals surface area (Å²) in [6.45, 7) is 3.67. The maximum Gasteiger partial charge on any atom is 0.155 e. The third-order valence-corrected chi connectivity index (χ3v) is 10.8. The molecule has 0 spiro atoms. The minimum Gasteiger partial charge on any atom is -0.319 e. The molecule has 7 aromatic carbocycles. The Labute approximate surface area is 281 Å². The lowest BCUT2D eigenvalue weighted by molar-refractivity contribution is 0.588. The van der Waals surface area contributed by atoms with Crippen LogP contribution in [0.4, 0.5) is 0 Å². The van der Waals surface area contributed by atoms with Crippen LogP contribution in [0.3, 0.4) is 0 Å². The summed E-state index contributed by atoms with van der Waals surface area (Å²) in [6, 6.07) is 55.2. The second-order valence-electron chi connectivity index (χ2n) is 12.8. The molecule has 0 bridgehead atoms. The first-order valence-electron chi connectivity index (χ1n) is 16.4. The van der Waals surface area contributed by atoms with Gasteiger partial charge >= 0.3 is 0 Å². The summed E-state index contributed by atoms with van der Waals surface area (Å²) < 4.78 is 13.1.